The number of phenolic OH excluding ortho intramolecular Hbond substituents is 1. The van der Waals surface area contributed by atoms with Gasteiger partial charge in [-0.05, 0) is 37.3 Å². The minimum atomic E-state index is -0.680. The molecule has 3 aromatic rings. The molecule has 1 aliphatic heterocycles. The SMILES string of the molecule is Cc1c(O)ccc2c(COC(=O)CNC(=O)c3ccc4c(c3)OCO4)cc(=O)oc12. The Kier molecular flexibility index (Phi) is 5.01. The standard InChI is InChI=1S/C21H17NO8/c1-11-15(23)4-3-14-13(7-18(24)30-20(11)14)9-27-19(25)8-22-21(26)12-2-5-16-17(6-12)29-10-28-16/h2-7,23H,8-10H2,1H3,(H,22,26). The van der Waals surface area contributed by atoms with Crippen LogP contribution in [0.3, 0.4) is 0 Å². The van der Waals surface area contributed by atoms with Crippen LogP contribution in [0.5, 0.6) is 17.2 Å². The van der Waals surface area contributed by atoms with Gasteiger partial charge in [-0.2, -0.15) is 0 Å². The fourth-order valence-electron chi connectivity index (χ4n) is 3.04. The summed E-state index contributed by atoms with van der Waals surface area (Å²) in [5, 5.41) is 12.8. The Morgan fingerprint density at radius 3 is 2.77 bits per heavy atom. The summed E-state index contributed by atoms with van der Waals surface area (Å²) in [6.07, 6.45) is 0. The van der Waals surface area contributed by atoms with Crippen LogP contribution in [0, 0.1) is 6.92 Å². The highest BCUT2D eigenvalue weighted by atomic mass is 16.7. The van der Waals surface area contributed by atoms with Crippen molar-refractivity contribution in [2.24, 2.45) is 0 Å². The van der Waals surface area contributed by atoms with Crippen LogP contribution in [-0.2, 0) is 16.1 Å². The number of phenols is 1. The molecule has 0 atom stereocenters. The van der Waals surface area contributed by atoms with Crippen molar-refractivity contribution in [3.8, 4) is 17.2 Å². The summed E-state index contributed by atoms with van der Waals surface area (Å²) in [6, 6.07) is 8.95. The lowest BCUT2D eigenvalue weighted by Gasteiger charge is -2.10. The van der Waals surface area contributed by atoms with Crippen LogP contribution in [0.4, 0.5) is 0 Å². The molecule has 9 heteroatoms. The van der Waals surface area contributed by atoms with Gasteiger partial charge in [-0.3, -0.25) is 9.59 Å². The molecule has 2 aromatic carbocycles. The Bertz CT molecular complexity index is 1210. The normalized spacial score (nSPS) is 12.0. The molecule has 4 rings (SSSR count). The van der Waals surface area contributed by atoms with E-state index in [1.165, 1.54) is 18.2 Å². The molecule has 2 heterocycles. The molecule has 9 nitrogen and oxygen atoms in total. The van der Waals surface area contributed by atoms with Gasteiger partial charge < -0.3 is 29.1 Å². The summed E-state index contributed by atoms with van der Waals surface area (Å²) in [5.41, 5.74) is 0.755. The van der Waals surface area contributed by atoms with E-state index in [0.29, 0.717) is 33.6 Å². The molecule has 1 aromatic heterocycles. The van der Waals surface area contributed by atoms with E-state index in [1.807, 2.05) is 0 Å². The number of carbonyl (C=O) groups excluding carboxylic acids is 2. The third kappa shape index (κ3) is 3.77. The zero-order valence-corrected chi connectivity index (χ0v) is 15.9. The number of amides is 1. The number of aromatic hydroxyl groups is 1. The van der Waals surface area contributed by atoms with Gasteiger partial charge in [0, 0.05) is 28.1 Å². The van der Waals surface area contributed by atoms with E-state index in [-0.39, 0.29) is 31.3 Å². The monoisotopic (exact) mass is 411 g/mol. The minimum Gasteiger partial charge on any atom is -0.508 e. The third-order valence-electron chi connectivity index (χ3n) is 4.63. The number of nitrogens with one attached hydrogen (secondary N) is 1. The van der Waals surface area contributed by atoms with Gasteiger partial charge in [0.2, 0.25) is 6.79 Å². The molecular formula is C21H17NO8. The number of hydrogen-bond acceptors (Lipinski definition) is 8. The lowest BCUT2D eigenvalue weighted by atomic mass is 10.1. The van der Waals surface area contributed by atoms with Crippen molar-refractivity contribution >= 4 is 22.8 Å². The molecule has 0 unspecified atom stereocenters. The van der Waals surface area contributed by atoms with Crippen molar-refractivity contribution in [3.05, 3.63) is 63.5 Å². The quantitative estimate of drug-likeness (QED) is 0.483. The molecule has 0 bridgehead atoms. The van der Waals surface area contributed by atoms with E-state index in [2.05, 4.69) is 5.32 Å². The third-order valence-corrected chi connectivity index (χ3v) is 4.63. The van der Waals surface area contributed by atoms with Crippen molar-refractivity contribution in [3.63, 3.8) is 0 Å². The lowest BCUT2D eigenvalue weighted by Crippen LogP contribution is -2.30. The van der Waals surface area contributed by atoms with Gasteiger partial charge in [0.15, 0.2) is 11.5 Å². The maximum atomic E-state index is 12.2. The average Bonchev–Trinajstić information content (AvgIpc) is 3.21. The van der Waals surface area contributed by atoms with E-state index < -0.39 is 17.5 Å². The summed E-state index contributed by atoms with van der Waals surface area (Å²) in [7, 11) is 0. The van der Waals surface area contributed by atoms with E-state index in [4.69, 9.17) is 18.6 Å². The first-order valence-corrected chi connectivity index (χ1v) is 9.01. The first-order chi connectivity index (χ1) is 14.4. The summed E-state index contributed by atoms with van der Waals surface area (Å²) in [4.78, 5) is 36.1. The van der Waals surface area contributed by atoms with Gasteiger partial charge >= 0.3 is 11.6 Å². The van der Waals surface area contributed by atoms with Crippen LogP contribution in [0.1, 0.15) is 21.5 Å². The second-order valence-corrected chi connectivity index (χ2v) is 6.59. The summed E-state index contributed by atoms with van der Waals surface area (Å²) in [6.45, 7) is 1.16. The number of aryl methyl sites for hydroxylation is 1. The smallest absolute Gasteiger partial charge is 0.336 e. The number of carbonyl (C=O) groups is 2. The molecule has 0 spiro atoms. The van der Waals surface area contributed by atoms with E-state index >= 15 is 0 Å². The first kappa shape index (κ1) is 19.3. The second-order valence-electron chi connectivity index (χ2n) is 6.59. The predicted molar refractivity (Wildman–Crippen MR) is 104 cm³/mol. The highest BCUT2D eigenvalue weighted by Crippen LogP contribution is 2.32. The lowest BCUT2D eigenvalue weighted by molar-refractivity contribution is -0.143. The average molecular weight is 411 g/mol. The van der Waals surface area contributed by atoms with Crippen LogP contribution in [0.25, 0.3) is 11.0 Å². The van der Waals surface area contributed by atoms with Crippen molar-refractivity contribution in [2.45, 2.75) is 13.5 Å². The summed E-state index contributed by atoms with van der Waals surface area (Å²) >= 11 is 0. The number of benzene rings is 2. The molecule has 0 fully saturated rings. The molecular weight excluding hydrogens is 394 g/mol. The van der Waals surface area contributed by atoms with Crippen LogP contribution in [0.15, 0.2) is 45.6 Å². The van der Waals surface area contributed by atoms with Gasteiger partial charge in [0.05, 0.1) is 0 Å². The zero-order chi connectivity index (χ0) is 21.3. The Hall–Kier alpha value is -4.01. The Morgan fingerprint density at radius 2 is 1.93 bits per heavy atom. The molecule has 1 aliphatic rings. The molecule has 0 saturated heterocycles. The minimum absolute atomic E-state index is 0.00831. The number of hydrogen-bond donors (Lipinski definition) is 2. The van der Waals surface area contributed by atoms with Crippen molar-refractivity contribution in [1.29, 1.82) is 0 Å². The van der Waals surface area contributed by atoms with Crippen molar-refractivity contribution in [1.82, 2.24) is 5.32 Å². The highest BCUT2D eigenvalue weighted by Gasteiger charge is 2.17. The fourth-order valence-corrected chi connectivity index (χ4v) is 3.04. The molecule has 2 N–H and O–H groups in total. The predicted octanol–water partition coefficient (Wildman–Crippen LogP) is 2.01. The number of ether oxygens (including phenoxy) is 3. The van der Waals surface area contributed by atoms with E-state index in [9.17, 15) is 19.5 Å². The number of rotatable bonds is 5. The largest absolute Gasteiger partial charge is 0.508 e. The maximum absolute atomic E-state index is 12.2. The zero-order valence-electron chi connectivity index (χ0n) is 15.9. The van der Waals surface area contributed by atoms with Gasteiger partial charge in [0.1, 0.15) is 24.5 Å². The fraction of sp³-hybridized carbons (Fsp3) is 0.190. The van der Waals surface area contributed by atoms with Gasteiger partial charge in [-0.25, -0.2) is 4.79 Å². The van der Waals surface area contributed by atoms with Gasteiger partial charge in [0.25, 0.3) is 5.91 Å². The van der Waals surface area contributed by atoms with Crippen molar-refractivity contribution in [2.75, 3.05) is 13.3 Å². The van der Waals surface area contributed by atoms with E-state index in [0.717, 1.165) is 0 Å². The highest BCUT2D eigenvalue weighted by molar-refractivity contribution is 5.96. The van der Waals surface area contributed by atoms with Gasteiger partial charge in [-0.1, -0.05) is 0 Å². The van der Waals surface area contributed by atoms with Gasteiger partial charge in [-0.15, -0.1) is 0 Å². The molecule has 30 heavy (non-hydrogen) atoms. The summed E-state index contributed by atoms with van der Waals surface area (Å²) in [5.74, 6) is -0.149. The topological polar surface area (TPSA) is 124 Å². The molecule has 1 amide bonds. The van der Waals surface area contributed by atoms with E-state index in [1.54, 1.807) is 25.1 Å². The van der Waals surface area contributed by atoms with Crippen LogP contribution in [0.2, 0.25) is 0 Å². The molecule has 0 aliphatic carbocycles. The molecule has 0 saturated carbocycles. The van der Waals surface area contributed by atoms with Crippen LogP contribution < -0.4 is 20.4 Å². The van der Waals surface area contributed by atoms with Crippen LogP contribution >= 0.6 is 0 Å². The Balaban J connectivity index is 1.39. The maximum Gasteiger partial charge on any atom is 0.336 e. The Morgan fingerprint density at radius 1 is 1.13 bits per heavy atom. The van der Waals surface area contributed by atoms with Crippen LogP contribution in [-0.4, -0.2) is 30.3 Å². The number of fused-ring (bicyclic) bond motifs is 2. The molecule has 0 radical (unpaired) electrons. The Labute approximate surface area is 169 Å². The summed E-state index contributed by atoms with van der Waals surface area (Å²) < 4.78 is 20.7. The van der Waals surface area contributed by atoms with Crippen molar-refractivity contribution < 1.29 is 33.3 Å². The first-order valence-electron chi connectivity index (χ1n) is 9.01. The molecule has 154 valence electrons. The second kappa shape index (κ2) is 7.78. The number of esters is 1.